The average Bonchev–Trinajstić information content (AvgIpc) is 3.18. The Morgan fingerprint density at radius 3 is 1.47 bits per heavy atom. The van der Waals surface area contributed by atoms with Crippen LogP contribution in [0.5, 0.6) is 0 Å². The van der Waals surface area contributed by atoms with E-state index < -0.39 is 41.4 Å². The van der Waals surface area contributed by atoms with Crippen LogP contribution in [0.4, 0.5) is 0 Å². The van der Waals surface area contributed by atoms with Crippen LogP contribution < -0.4 is 0 Å². The van der Waals surface area contributed by atoms with E-state index >= 15 is 0 Å². The fourth-order valence-corrected chi connectivity index (χ4v) is 5.10. The van der Waals surface area contributed by atoms with Crippen LogP contribution in [0.1, 0.15) is 48.5 Å². The monoisotopic (exact) mass is 507 g/mol. The molecule has 3 heterocycles. The lowest BCUT2D eigenvalue weighted by Gasteiger charge is -2.28. The number of carbonyl (C=O) groups is 3. The van der Waals surface area contributed by atoms with Crippen LogP contribution in [-0.2, 0) is 23.9 Å². The van der Waals surface area contributed by atoms with E-state index in [1.165, 1.54) is 0 Å². The van der Waals surface area contributed by atoms with E-state index in [-0.39, 0.29) is 23.6 Å². The lowest BCUT2D eigenvalue weighted by molar-refractivity contribution is -0.143. The van der Waals surface area contributed by atoms with Gasteiger partial charge in [-0.05, 0) is 69.6 Å². The molecule has 0 bridgehead atoms. The quantitative estimate of drug-likeness (QED) is 0.510. The van der Waals surface area contributed by atoms with Crippen molar-refractivity contribution in [1.82, 2.24) is 14.7 Å². The molecule has 0 aromatic carbocycles. The van der Waals surface area contributed by atoms with Gasteiger partial charge >= 0.3 is 17.9 Å². The lowest BCUT2D eigenvalue weighted by Crippen LogP contribution is -2.44. The topological polar surface area (TPSA) is 140 Å². The lowest BCUT2D eigenvalue weighted by atomic mass is 10.1. The van der Waals surface area contributed by atoms with Gasteiger partial charge in [0.25, 0.3) is 0 Å². The minimum absolute atomic E-state index is 0.0247. The van der Waals surface area contributed by atoms with E-state index in [2.05, 4.69) is 0 Å². The van der Waals surface area contributed by atoms with Crippen molar-refractivity contribution in [3.05, 3.63) is 0 Å². The Kier molecular flexibility index (Phi) is 9.98. The smallest absolute Gasteiger partial charge is 0.323 e. The fourth-order valence-electron chi connectivity index (χ4n) is 3.84. The molecule has 3 fully saturated rings. The molecule has 0 aliphatic carbocycles. The molecule has 0 aromatic heterocycles. The minimum atomic E-state index is -0.824. The van der Waals surface area contributed by atoms with Crippen LogP contribution >= 0.6 is 11.8 Å². The van der Waals surface area contributed by atoms with Crippen LogP contribution in [0.3, 0.4) is 0 Å². The molecule has 198 valence electrons. The van der Waals surface area contributed by atoms with Crippen molar-refractivity contribution in [2.45, 2.75) is 89.0 Å². The molecular formula is C22H41N3O8S. The Bertz CT molecular complexity index is 720. The van der Waals surface area contributed by atoms with Gasteiger partial charge < -0.3 is 24.8 Å². The van der Waals surface area contributed by atoms with Crippen LogP contribution in [0.15, 0.2) is 0 Å². The summed E-state index contributed by atoms with van der Waals surface area (Å²) >= 11 is 1.69. The summed E-state index contributed by atoms with van der Waals surface area (Å²) in [6.45, 7) is 13.6. The maximum atomic E-state index is 10.8. The number of hydrogen-bond acceptors (Lipinski definition) is 9. The Morgan fingerprint density at radius 2 is 1.29 bits per heavy atom. The Morgan fingerprint density at radius 1 is 0.794 bits per heavy atom. The van der Waals surface area contributed by atoms with Crippen LogP contribution in [0.25, 0.3) is 0 Å². The highest BCUT2D eigenvalue weighted by Crippen LogP contribution is 2.37. The van der Waals surface area contributed by atoms with Crippen molar-refractivity contribution in [2.75, 3.05) is 33.5 Å². The van der Waals surface area contributed by atoms with Crippen LogP contribution in [-0.4, -0.2) is 122 Å². The van der Waals surface area contributed by atoms with E-state index in [4.69, 9.17) is 24.8 Å². The predicted octanol–water partition coefficient (Wildman–Crippen LogP) is 1.52. The van der Waals surface area contributed by atoms with Crippen molar-refractivity contribution in [2.24, 2.45) is 0 Å². The van der Waals surface area contributed by atoms with Crippen molar-refractivity contribution in [3.63, 3.8) is 0 Å². The second-order valence-corrected chi connectivity index (χ2v) is 11.7. The van der Waals surface area contributed by atoms with Gasteiger partial charge in [-0.25, -0.2) is 0 Å². The molecule has 12 heteroatoms. The van der Waals surface area contributed by atoms with Gasteiger partial charge in [-0.15, -0.1) is 11.8 Å². The molecule has 34 heavy (non-hydrogen) atoms. The number of ether oxygens (including phenoxy) is 2. The molecule has 11 nitrogen and oxygen atoms in total. The standard InChI is InChI=1S/C8H15NO3.C7H13NO3.C7H13NO2S/c1-5-6(7(10)11)9(4)8(2,3)12-5;2*1-7(2)8(3)5(4-11-7)6(9)10/h5-6H,1-4H3,(H,10,11);2*5H,4H2,1-3H3,(H,9,10). The second kappa shape index (κ2) is 11.1. The molecule has 0 saturated carbocycles. The third kappa shape index (κ3) is 7.05. The van der Waals surface area contributed by atoms with Gasteiger partial charge in [0, 0.05) is 5.75 Å². The number of nitrogens with zero attached hydrogens (tertiary/aromatic N) is 3. The molecule has 0 aromatic rings. The van der Waals surface area contributed by atoms with Crippen molar-refractivity contribution < 1.29 is 39.2 Å². The molecule has 3 aliphatic rings. The molecule has 0 amide bonds. The summed E-state index contributed by atoms with van der Waals surface area (Å²) in [5.41, 5.74) is -0.911. The van der Waals surface area contributed by atoms with Crippen molar-refractivity contribution >= 4 is 29.7 Å². The van der Waals surface area contributed by atoms with Crippen molar-refractivity contribution in [1.29, 1.82) is 0 Å². The van der Waals surface area contributed by atoms with Crippen LogP contribution in [0, 0.1) is 0 Å². The average molecular weight is 508 g/mol. The summed E-state index contributed by atoms with van der Waals surface area (Å²) in [5.74, 6) is -1.67. The molecule has 3 rings (SSSR count). The first-order valence-electron chi connectivity index (χ1n) is 11.1. The molecule has 3 saturated heterocycles. The molecule has 0 spiro atoms. The van der Waals surface area contributed by atoms with Gasteiger partial charge in [0.05, 0.1) is 17.6 Å². The summed E-state index contributed by atoms with van der Waals surface area (Å²) in [6, 6.07) is -1.33. The van der Waals surface area contributed by atoms with E-state index in [9.17, 15) is 14.4 Å². The molecule has 4 unspecified atom stereocenters. The Balaban J connectivity index is 0.000000255. The highest BCUT2D eigenvalue weighted by molar-refractivity contribution is 8.00. The first-order valence-corrected chi connectivity index (χ1v) is 12.1. The predicted molar refractivity (Wildman–Crippen MR) is 129 cm³/mol. The summed E-state index contributed by atoms with van der Waals surface area (Å²) in [6.07, 6.45) is -0.248. The number of likely N-dealkylation sites (N-methyl/N-ethyl adjacent to an activating group) is 3. The Labute approximate surface area is 206 Å². The van der Waals surface area contributed by atoms with Crippen LogP contribution in [0.2, 0.25) is 0 Å². The molecule has 4 atom stereocenters. The van der Waals surface area contributed by atoms with E-state index in [0.717, 1.165) is 0 Å². The summed E-state index contributed by atoms with van der Waals surface area (Å²) in [5, 5.41) is 26.3. The van der Waals surface area contributed by atoms with Gasteiger partial charge in [-0.3, -0.25) is 29.1 Å². The first-order chi connectivity index (χ1) is 15.3. The minimum Gasteiger partial charge on any atom is -0.480 e. The Hall–Kier alpha value is -1.44. The molecular weight excluding hydrogens is 466 g/mol. The highest BCUT2D eigenvalue weighted by Gasteiger charge is 2.46. The maximum absolute atomic E-state index is 10.8. The van der Waals surface area contributed by atoms with Gasteiger partial charge in [0.2, 0.25) is 0 Å². The summed E-state index contributed by atoms with van der Waals surface area (Å²) < 4.78 is 10.8. The third-order valence-electron chi connectivity index (χ3n) is 6.83. The number of carboxylic acid groups (broad SMARTS) is 3. The largest absolute Gasteiger partial charge is 0.480 e. The third-order valence-corrected chi connectivity index (χ3v) is 8.31. The molecule has 0 radical (unpaired) electrons. The number of rotatable bonds is 3. The number of carboxylic acids is 3. The normalized spacial score (nSPS) is 32.3. The van der Waals surface area contributed by atoms with E-state index in [1.807, 2.05) is 53.5 Å². The van der Waals surface area contributed by atoms with Gasteiger partial charge in [0.1, 0.15) is 29.6 Å². The van der Waals surface area contributed by atoms with E-state index in [0.29, 0.717) is 5.75 Å². The second-order valence-electron chi connectivity index (χ2n) is 10.1. The number of aliphatic carboxylic acids is 3. The zero-order valence-corrected chi connectivity index (χ0v) is 22.7. The highest BCUT2D eigenvalue weighted by atomic mass is 32.2. The summed E-state index contributed by atoms with van der Waals surface area (Å²) in [7, 11) is 5.38. The fraction of sp³-hybridized carbons (Fsp3) is 0.864. The SMILES string of the molecule is CC1OC(C)(C)N(C)C1C(=O)O.CN1C(C(=O)O)COC1(C)C.CN1C(C(=O)O)CSC1(C)C. The summed E-state index contributed by atoms with van der Waals surface area (Å²) in [4.78, 5) is 37.3. The zero-order chi connectivity index (χ0) is 26.8. The number of hydrogen-bond donors (Lipinski definition) is 3. The van der Waals surface area contributed by atoms with Gasteiger partial charge in [-0.2, -0.15) is 0 Å². The molecule has 3 aliphatic heterocycles. The first kappa shape index (κ1) is 30.6. The van der Waals surface area contributed by atoms with Crippen molar-refractivity contribution in [3.8, 4) is 0 Å². The van der Waals surface area contributed by atoms with E-state index in [1.54, 1.807) is 42.6 Å². The van der Waals surface area contributed by atoms with Gasteiger partial charge in [-0.1, -0.05) is 0 Å². The molecule has 3 N–H and O–H groups in total. The van der Waals surface area contributed by atoms with Gasteiger partial charge in [0.15, 0.2) is 0 Å². The maximum Gasteiger partial charge on any atom is 0.323 e. The number of thioether (sulfide) groups is 1. The zero-order valence-electron chi connectivity index (χ0n) is 21.9.